The van der Waals surface area contributed by atoms with Crippen molar-refractivity contribution in [1.29, 1.82) is 0 Å². The monoisotopic (exact) mass is 325 g/mol. The van der Waals surface area contributed by atoms with Crippen LogP contribution in [0, 0.1) is 20.8 Å². The Labute approximate surface area is 144 Å². The molecule has 0 bridgehead atoms. The van der Waals surface area contributed by atoms with Gasteiger partial charge in [0, 0.05) is 16.7 Å². The number of aryl methyl sites for hydroxylation is 3. The molecule has 0 radical (unpaired) electrons. The Balaban J connectivity index is 2.55. The van der Waals surface area contributed by atoms with Gasteiger partial charge < -0.3 is 10.7 Å². The molecule has 0 aliphatic carbocycles. The summed E-state index contributed by atoms with van der Waals surface area (Å²) in [4.78, 5) is 12.9. The minimum Gasteiger partial charge on any atom is -0.397 e. The van der Waals surface area contributed by atoms with Gasteiger partial charge in [0.1, 0.15) is 0 Å². The summed E-state index contributed by atoms with van der Waals surface area (Å²) in [6, 6.07) is 9.48. The van der Waals surface area contributed by atoms with Crippen molar-refractivity contribution in [1.82, 2.24) is 0 Å². The molecule has 2 aromatic rings. The van der Waals surface area contributed by atoms with Gasteiger partial charge in [-0.15, -0.1) is 0 Å². The van der Waals surface area contributed by atoms with Crippen LogP contribution in [0.5, 0.6) is 0 Å². The summed E-state index contributed by atoms with van der Waals surface area (Å²) in [6.07, 6.45) is 0. The van der Waals surface area contributed by atoms with E-state index >= 15 is 0 Å². The van der Waals surface area contributed by atoms with E-state index in [0.717, 1.165) is 16.7 Å². The highest BCUT2D eigenvalue weighted by molar-refractivity contribution is 6.10. The molecule has 4 N–H and O–H groups in total. The summed E-state index contributed by atoms with van der Waals surface area (Å²) in [5, 5.41) is 1.62. The van der Waals surface area contributed by atoms with E-state index in [1.54, 1.807) is 11.1 Å². The van der Waals surface area contributed by atoms with E-state index in [1.807, 2.05) is 59.7 Å². The number of hydrogen-bond acceptors (Lipinski definition) is 4. The minimum atomic E-state index is -0.303. The van der Waals surface area contributed by atoms with Crippen LogP contribution in [0.1, 0.15) is 53.4 Å². The summed E-state index contributed by atoms with van der Waals surface area (Å²) in [6.45, 7) is 11.9. The lowest BCUT2D eigenvalue weighted by Gasteiger charge is -2.34. The Kier molecular flexibility index (Phi) is 4.72. The summed E-state index contributed by atoms with van der Waals surface area (Å²) in [7, 11) is 0. The first-order valence-corrected chi connectivity index (χ1v) is 8.08. The molecule has 0 unspecified atom stereocenters. The molecule has 0 aliphatic heterocycles. The molecule has 2 rings (SSSR count). The largest absolute Gasteiger partial charge is 0.397 e. The van der Waals surface area contributed by atoms with E-state index in [2.05, 4.69) is 6.07 Å². The maximum absolute atomic E-state index is 12.9. The van der Waals surface area contributed by atoms with Crippen LogP contribution in [0.4, 0.5) is 11.4 Å². The predicted octanol–water partition coefficient (Wildman–Crippen LogP) is 3.90. The van der Waals surface area contributed by atoms with E-state index in [4.69, 9.17) is 11.6 Å². The quantitative estimate of drug-likeness (QED) is 0.388. The Morgan fingerprint density at radius 2 is 1.42 bits per heavy atom. The SMILES string of the molecule is Cc1cc(C)cc(C(=O)c2cc(C)c(N)c(N(N)C(C)(C)C)c2)c1. The first kappa shape index (κ1) is 18.0. The number of carbonyl (C=O) groups excluding carboxylic acids is 1. The lowest BCUT2D eigenvalue weighted by Crippen LogP contribution is -2.47. The van der Waals surface area contributed by atoms with Gasteiger partial charge in [0.05, 0.1) is 11.4 Å². The Morgan fingerprint density at radius 1 is 0.917 bits per heavy atom. The Morgan fingerprint density at radius 3 is 1.92 bits per heavy atom. The number of benzene rings is 2. The van der Waals surface area contributed by atoms with Gasteiger partial charge in [-0.3, -0.25) is 4.79 Å². The van der Waals surface area contributed by atoms with E-state index in [-0.39, 0.29) is 11.3 Å². The molecule has 0 fully saturated rings. The van der Waals surface area contributed by atoms with E-state index < -0.39 is 0 Å². The molecule has 2 aromatic carbocycles. The van der Waals surface area contributed by atoms with E-state index in [9.17, 15) is 4.79 Å². The number of anilines is 2. The smallest absolute Gasteiger partial charge is 0.193 e. The number of rotatable bonds is 3. The second kappa shape index (κ2) is 6.29. The van der Waals surface area contributed by atoms with Crippen LogP contribution >= 0.6 is 0 Å². The standard InChI is InChI=1S/C20H27N3O/c1-12-7-13(2)9-15(8-12)19(24)16-10-14(3)18(21)17(11-16)23(22)20(4,5)6/h7-11H,21-22H2,1-6H3. The van der Waals surface area contributed by atoms with Crippen LogP contribution in [0.25, 0.3) is 0 Å². The molecule has 4 heteroatoms. The molecule has 0 heterocycles. The van der Waals surface area contributed by atoms with Crippen LogP contribution < -0.4 is 16.6 Å². The molecule has 0 saturated heterocycles. The van der Waals surface area contributed by atoms with Gasteiger partial charge >= 0.3 is 0 Å². The predicted molar refractivity (Wildman–Crippen MR) is 101 cm³/mol. The lowest BCUT2D eigenvalue weighted by atomic mass is 9.96. The minimum absolute atomic E-state index is 0.0199. The van der Waals surface area contributed by atoms with Crippen molar-refractivity contribution in [3.8, 4) is 0 Å². The number of nitrogens with zero attached hydrogens (tertiary/aromatic N) is 1. The number of carbonyl (C=O) groups is 1. The molecule has 0 amide bonds. The Bertz CT molecular complexity index is 768. The number of hydrazine groups is 1. The fourth-order valence-corrected chi connectivity index (χ4v) is 2.74. The number of nitrogen functional groups attached to an aromatic ring is 1. The van der Waals surface area contributed by atoms with Gasteiger partial charge in [-0.05, 0) is 71.4 Å². The highest BCUT2D eigenvalue weighted by atomic mass is 16.1. The maximum atomic E-state index is 12.9. The van der Waals surface area contributed by atoms with Crippen LogP contribution in [0.3, 0.4) is 0 Å². The maximum Gasteiger partial charge on any atom is 0.193 e. The zero-order valence-electron chi connectivity index (χ0n) is 15.4. The Hall–Kier alpha value is -2.33. The third-order valence-electron chi connectivity index (χ3n) is 4.09. The summed E-state index contributed by atoms with van der Waals surface area (Å²) in [5.74, 6) is 6.22. The second-order valence-corrected chi connectivity index (χ2v) is 7.47. The van der Waals surface area contributed by atoms with Crippen molar-refractivity contribution in [3.05, 3.63) is 58.1 Å². The van der Waals surface area contributed by atoms with E-state index in [0.29, 0.717) is 22.5 Å². The lowest BCUT2D eigenvalue weighted by molar-refractivity contribution is 0.103. The van der Waals surface area contributed by atoms with E-state index in [1.165, 1.54) is 0 Å². The molecule has 0 aliphatic rings. The molecule has 0 spiro atoms. The van der Waals surface area contributed by atoms with Crippen LogP contribution in [-0.4, -0.2) is 11.3 Å². The molecule has 4 nitrogen and oxygen atoms in total. The molecule has 0 aromatic heterocycles. The second-order valence-electron chi connectivity index (χ2n) is 7.47. The first-order valence-electron chi connectivity index (χ1n) is 8.08. The summed E-state index contributed by atoms with van der Waals surface area (Å²) < 4.78 is 0. The van der Waals surface area contributed by atoms with Crippen molar-refractivity contribution in [3.63, 3.8) is 0 Å². The molecular formula is C20H27N3O. The van der Waals surface area contributed by atoms with Gasteiger partial charge in [-0.2, -0.15) is 0 Å². The van der Waals surface area contributed by atoms with Crippen molar-refractivity contribution in [2.75, 3.05) is 10.7 Å². The number of nitrogens with two attached hydrogens (primary N) is 2. The van der Waals surface area contributed by atoms with Crippen LogP contribution in [-0.2, 0) is 0 Å². The van der Waals surface area contributed by atoms with Gasteiger partial charge in [0.25, 0.3) is 0 Å². The van der Waals surface area contributed by atoms with Crippen LogP contribution in [0.2, 0.25) is 0 Å². The fourth-order valence-electron chi connectivity index (χ4n) is 2.74. The highest BCUT2D eigenvalue weighted by Crippen LogP contribution is 2.31. The highest BCUT2D eigenvalue weighted by Gasteiger charge is 2.23. The number of ketones is 1. The van der Waals surface area contributed by atoms with Crippen molar-refractivity contribution in [2.45, 2.75) is 47.1 Å². The average Bonchev–Trinajstić information content (AvgIpc) is 2.46. The van der Waals surface area contributed by atoms with Gasteiger partial charge in [0.2, 0.25) is 0 Å². The van der Waals surface area contributed by atoms with Gasteiger partial charge in [0.15, 0.2) is 5.78 Å². The molecule has 0 atom stereocenters. The van der Waals surface area contributed by atoms with Crippen LogP contribution in [0.15, 0.2) is 30.3 Å². The third-order valence-corrected chi connectivity index (χ3v) is 4.09. The zero-order valence-corrected chi connectivity index (χ0v) is 15.4. The fraction of sp³-hybridized carbons (Fsp3) is 0.350. The molecule has 128 valence electrons. The molecular weight excluding hydrogens is 298 g/mol. The zero-order chi connectivity index (χ0) is 18.2. The van der Waals surface area contributed by atoms with Crippen molar-refractivity contribution < 1.29 is 4.79 Å². The number of hydrogen-bond donors (Lipinski definition) is 2. The topological polar surface area (TPSA) is 72.4 Å². The summed E-state index contributed by atoms with van der Waals surface area (Å²) >= 11 is 0. The normalized spacial score (nSPS) is 11.5. The molecule has 24 heavy (non-hydrogen) atoms. The van der Waals surface area contributed by atoms with Gasteiger partial charge in [-0.1, -0.05) is 17.2 Å². The third kappa shape index (κ3) is 3.60. The van der Waals surface area contributed by atoms with Crippen molar-refractivity contribution >= 4 is 17.2 Å². The summed E-state index contributed by atoms with van der Waals surface area (Å²) in [5.41, 5.74) is 11.4. The average molecular weight is 325 g/mol. The first-order chi connectivity index (χ1) is 11.0. The van der Waals surface area contributed by atoms with Gasteiger partial charge in [-0.25, -0.2) is 5.84 Å². The van der Waals surface area contributed by atoms with Crippen molar-refractivity contribution in [2.24, 2.45) is 5.84 Å². The molecule has 0 saturated carbocycles.